The second-order valence-electron chi connectivity index (χ2n) is 5.75. The molecule has 0 saturated carbocycles. The van der Waals surface area contributed by atoms with Crippen LogP contribution in [0.25, 0.3) is 0 Å². The van der Waals surface area contributed by atoms with Crippen LogP contribution >= 0.6 is 0 Å². The van der Waals surface area contributed by atoms with Gasteiger partial charge in [-0.15, -0.1) is 0 Å². The van der Waals surface area contributed by atoms with Crippen molar-refractivity contribution < 1.29 is 18.4 Å². The molecule has 0 spiro atoms. The summed E-state index contributed by atoms with van der Waals surface area (Å²) in [6, 6.07) is 16.2. The smallest absolute Gasteiger partial charge is 0.308 e. The summed E-state index contributed by atoms with van der Waals surface area (Å²) in [5.41, 5.74) is 1.91. The molecular formula is C20H16F2N4O2. The third-order valence-electron chi connectivity index (χ3n) is 3.60. The highest BCUT2D eigenvalue weighted by Crippen LogP contribution is 2.15. The highest BCUT2D eigenvalue weighted by Gasteiger charge is 2.05. The predicted molar refractivity (Wildman–Crippen MR) is 105 cm³/mol. The van der Waals surface area contributed by atoms with E-state index in [-0.39, 0.29) is 0 Å². The Morgan fingerprint density at radius 1 is 0.464 bits per heavy atom. The molecule has 8 heteroatoms. The van der Waals surface area contributed by atoms with Crippen molar-refractivity contribution in [3.05, 3.63) is 84.4 Å². The van der Waals surface area contributed by atoms with E-state index in [1.807, 2.05) is 0 Å². The van der Waals surface area contributed by atoms with E-state index in [4.69, 9.17) is 0 Å². The number of hydrogen-bond donors (Lipinski definition) is 4. The van der Waals surface area contributed by atoms with Crippen molar-refractivity contribution in [2.24, 2.45) is 0 Å². The number of rotatable bonds is 4. The van der Waals surface area contributed by atoms with E-state index in [0.29, 0.717) is 22.7 Å². The van der Waals surface area contributed by atoms with Crippen LogP contribution in [0.3, 0.4) is 0 Å². The first-order valence-corrected chi connectivity index (χ1v) is 8.25. The second kappa shape index (κ2) is 8.63. The van der Waals surface area contributed by atoms with E-state index >= 15 is 0 Å². The molecule has 28 heavy (non-hydrogen) atoms. The molecule has 0 aliphatic rings. The van der Waals surface area contributed by atoms with Crippen LogP contribution < -0.4 is 21.3 Å². The summed E-state index contributed by atoms with van der Waals surface area (Å²) in [5, 5.41) is 10.4. The number of hydrogen-bond acceptors (Lipinski definition) is 2. The fraction of sp³-hybridized carbons (Fsp3) is 0. The first kappa shape index (κ1) is 18.8. The van der Waals surface area contributed by atoms with Gasteiger partial charge in [-0.3, -0.25) is 0 Å². The lowest BCUT2D eigenvalue weighted by atomic mass is 10.3. The van der Waals surface area contributed by atoms with Gasteiger partial charge in [-0.25, -0.2) is 18.4 Å². The summed E-state index contributed by atoms with van der Waals surface area (Å²) in [7, 11) is 0. The Labute approximate surface area is 159 Å². The molecule has 3 aromatic carbocycles. The lowest BCUT2D eigenvalue weighted by Crippen LogP contribution is -2.20. The van der Waals surface area contributed by atoms with Crippen LogP contribution in [0, 0.1) is 11.6 Å². The molecule has 0 aliphatic carbocycles. The fourth-order valence-electron chi connectivity index (χ4n) is 2.29. The Hall–Kier alpha value is -3.94. The number of amides is 4. The topological polar surface area (TPSA) is 82.3 Å². The van der Waals surface area contributed by atoms with Gasteiger partial charge in [0.1, 0.15) is 11.6 Å². The standard InChI is InChI=1S/C20H16F2N4O2/c21-13-1-5-15(6-2-13)23-19(27)25-17-9-11-18(12-10-17)26-20(28)24-16-7-3-14(22)4-8-16/h1-12H,(H2,23,25,27)(H2,24,26,28). The summed E-state index contributed by atoms with van der Waals surface area (Å²) in [6.45, 7) is 0. The van der Waals surface area contributed by atoms with E-state index in [1.165, 1.54) is 48.5 Å². The third-order valence-corrected chi connectivity index (χ3v) is 3.60. The van der Waals surface area contributed by atoms with Gasteiger partial charge in [0.15, 0.2) is 0 Å². The molecule has 0 aromatic heterocycles. The zero-order valence-electron chi connectivity index (χ0n) is 14.5. The highest BCUT2D eigenvalue weighted by atomic mass is 19.1. The Kier molecular flexibility index (Phi) is 5.81. The van der Waals surface area contributed by atoms with Crippen molar-refractivity contribution >= 4 is 34.8 Å². The molecule has 0 unspecified atom stereocenters. The minimum Gasteiger partial charge on any atom is -0.308 e. The molecule has 0 bridgehead atoms. The molecule has 0 saturated heterocycles. The number of benzene rings is 3. The number of carbonyl (C=O) groups excluding carboxylic acids is 2. The summed E-state index contributed by atoms with van der Waals surface area (Å²) in [6.07, 6.45) is 0. The summed E-state index contributed by atoms with van der Waals surface area (Å²) in [4.78, 5) is 23.9. The van der Waals surface area contributed by atoms with Crippen LogP contribution in [-0.2, 0) is 0 Å². The number of halogens is 2. The first-order chi connectivity index (χ1) is 13.5. The lowest BCUT2D eigenvalue weighted by Gasteiger charge is -2.10. The lowest BCUT2D eigenvalue weighted by molar-refractivity contribution is 0.261. The van der Waals surface area contributed by atoms with Gasteiger partial charge in [0.05, 0.1) is 0 Å². The largest absolute Gasteiger partial charge is 0.323 e. The molecule has 0 aliphatic heterocycles. The first-order valence-electron chi connectivity index (χ1n) is 8.25. The molecule has 4 N–H and O–H groups in total. The van der Waals surface area contributed by atoms with Gasteiger partial charge < -0.3 is 21.3 Å². The normalized spacial score (nSPS) is 10.1. The van der Waals surface area contributed by atoms with Crippen LogP contribution in [0.1, 0.15) is 0 Å². The van der Waals surface area contributed by atoms with Crippen LogP contribution in [-0.4, -0.2) is 12.1 Å². The summed E-state index contributed by atoms with van der Waals surface area (Å²) in [5.74, 6) is -0.782. The molecule has 142 valence electrons. The number of anilines is 4. The maximum absolute atomic E-state index is 12.9. The number of nitrogens with one attached hydrogen (secondary N) is 4. The molecule has 6 nitrogen and oxygen atoms in total. The van der Waals surface area contributed by atoms with Gasteiger partial charge in [-0.2, -0.15) is 0 Å². The maximum atomic E-state index is 12.9. The van der Waals surface area contributed by atoms with Crippen LogP contribution in [0.5, 0.6) is 0 Å². The quantitative estimate of drug-likeness (QED) is 0.497. The Morgan fingerprint density at radius 3 is 0.929 bits per heavy atom. The van der Waals surface area contributed by atoms with Gasteiger partial charge in [0, 0.05) is 22.7 Å². The third kappa shape index (κ3) is 5.53. The van der Waals surface area contributed by atoms with Crippen molar-refractivity contribution in [3.8, 4) is 0 Å². The Bertz CT molecular complexity index is 879. The van der Waals surface area contributed by atoms with E-state index in [9.17, 15) is 18.4 Å². The number of urea groups is 2. The minimum absolute atomic E-state index is 0.391. The second-order valence-corrected chi connectivity index (χ2v) is 5.75. The van der Waals surface area contributed by atoms with Gasteiger partial charge in [0.2, 0.25) is 0 Å². The SMILES string of the molecule is O=C(Nc1ccc(F)cc1)Nc1ccc(NC(=O)Nc2ccc(F)cc2)cc1. The minimum atomic E-state index is -0.485. The van der Waals surface area contributed by atoms with Crippen molar-refractivity contribution in [1.29, 1.82) is 0 Å². The van der Waals surface area contributed by atoms with Gasteiger partial charge >= 0.3 is 12.1 Å². The fourth-order valence-corrected chi connectivity index (χ4v) is 2.29. The molecule has 0 heterocycles. The summed E-state index contributed by atoms with van der Waals surface area (Å²) < 4.78 is 25.7. The average molecular weight is 382 g/mol. The van der Waals surface area contributed by atoms with Crippen molar-refractivity contribution in [2.45, 2.75) is 0 Å². The highest BCUT2D eigenvalue weighted by molar-refractivity contribution is 6.01. The van der Waals surface area contributed by atoms with Crippen molar-refractivity contribution in [2.75, 3.05) is 21.3 Å². The monoisotopic (exact) mass is 382 g/mol. The van der Waals surface area contributed by atoms with Gasteiger partial charge in [-0.05, 0) is 72.8 Å². The zero-order valence-corrected chi connectivity index (χ0v) is 14.5. The molecule has 0 fully saturated rings. The summed E-state index contributed by atoms with van der Waals surface area (Å²) >= 11 is 0. The average Bonchev–Trinajstić information content (AvgIpc) is 2.67. The van der Waals surface area contributed by atoms with Crippen molar-refractivity contribution in [3.63, 3.8) is 0 Å². The van der Waals surface area contributed by atoms with E-state index in [0.717, 1.165) is 0 Å². The molecule has 3 rings (SSSR count). The number of carbonyl (C=O) groups is 2. The zero-order chi connectivity index (χ0) is 19.9. The molecule has 0 atom stereocenters. The Balaban J connectivity index is 1.51. The molecule has 4 amide bonds. The van der Waals surface area contributed by atoms with E-state index in [1.54, 1.807) is 24.3 Å². The van der Waals surface area contributed by atoms with Crippen LogP contribution in [0.4, 0.5) is 41.1 Å². The predicted octanol–water partition coefficient (Wildman–Crippen LogP) is 5.25. The van der Waals surface area contributed by atoms with Gasteiger partial charge in [0.25, 0.3) is 0 Å². The van der Waals surface area contributed by atoms with Crippen LogP contribution in [0.15, 0.2) is 72.8 Å². The van der Waals surface area contributed by atoms with Gasteiger partial charge in [-0.1, -0.05) is 0 Å². The molecule has 0 radical (unpaired) electrons. The maximum Gasteiger partial charge on any atom is 0.323 e. The van der Waals surface area contributed by atoms with Crippen LogP contribution in [0.2, 0.25) is 0 Å². The van der Waals surface area contributed by atoms with E-state index in [2.05, 4.69) is 21.3 Å². The molecule has 3 aromatic rings. The van der Waals surface area contributed by atoms with Crippen molar-refractivity contribution in [1.82, 2.24) is 0 Å². The Morgan fingerprint density at radius 2 is 0.679 bits per heavy atom. The molecular weight excluding hydrogens is 366 g/mol. The van der Waals surface area contributed by atoms with E-state index < -0.39 is 23.7 Å².